The number of hydrogen-bond donors (Lipinski definition) is 0. The zero-order chi connectivity index (χ0) is 7.45. The normalized spacial score (nSPS) is 34.2. The molecular formula is C9H18N. The van der Waals surface area contributed by atoms with Crippen LogP contribution < -0.4 is 5.32 Å². The molecule has 1 radical (unpaired) electrons. The molecule has 0 aromatic heterocycles. The molecule has 10 heavy (non-hydrogen) atoms. The molecule has 1 aliphatic rings. The second kappa shape index (κ2) is 3.38. The molecule has 1 heteroatoms. The molecule has 0 amide bonds. The van der Waals surface area contributed by atoms with Gasteiger partial charge in [0.05, 0.1) is 0 Å². The topological polar surface area (TPSA) is 14.1 Å². The van der Waals surface area contributed by atoms with E-state index in [1.54, 1.807) is 0 Å². The van der Waals surface area contributed by atoms with Crippen molar-refractivity contribution < 1.29 is 0 Å². The molecular weight excluding hydrogens is 122 g/mol. The van der Waals surface area contributed by atoms with Gasteiger partial charge in [-0.25, -0.2) is 5.32 Å². The molecule has 1 aliphatic heterocycles. The van der Waals surface area contributed by atoms with Gasteiger partial charge in [0.25, 0.3) is 0 Å². The predicted octanol–water partition coefficient (Wildman–Crippen LogP) is 2.33. The lowest BCUT2D eigenvalue weighted by molar-refractivity contribution is 0.252. The van der Waals surface area contributed by atoms with Gasteiger partial charge in [0, 0.05) is 12.1 Å². The minimum Gasteiger partial charge on any atom is -0.235 e. The van der Waals surface area contributed by atoms with E-state index in [2.05, 4.69) is 19.2 Å². The third kappa shape index (κ3) is 1.98. The third-order valence-corrected chi connectivity index (χ3v) is 2.41. The molecule has 0 saturated carbocycles. The summed E-state index contributed by atoms with van der Waals surface area (Å²) in [6.45, 7) is 5.65. The van der Waals surface area contributed by atoms with Gasteiger partial charge in [-0.05, 0) is 26.2 Å². The molecule has 1 rings (SSSR count). The second-order valence-electron chi connectivity index (χ2n) is 3.59. The molecule has 0 spiro atoms. The van der Waals surface area contributed by atoms with E-state index in [4.69, 9.17) is 0 Å². The zero-order valence-electron chi connectivity index (χ0n) is 7.19. The first-order valence-corrected chi connectivity index (χ1v) is 4.45. The summed E-state index contributed by atoms with van der Waals surface area (Å²) in [4.78, 5) is 0. The minimum atomic E-state index is 0.354. The van der Waals surface area contributed by atoms with Gasteiger partial charge in [0.15, 0.2) is 0 Å². The van der Waals surface area contributed by atoms with Crippen LogP contribution in [0.5, 0.6) is 0 Å². The Labute approximate surface area is 64.2 Å². The van der Waals surface area contributed by atoms with Crippen molar-refractivity contribution in [2.75, 3.05) is 6.54 Å². The highest BCUT2D eigenvalue weighted by atomic mass is 15.0. The highest BCUT2D eigenvalue weighted by Crippen LogP contribution is 2.24. The lowest BCUT2D eigenvalue weighted by Crippen LogP contribution is -2.40. The average molecular weight is 140 g/mol. The lowest BCUT2D eigenvalue weighted by Gasteiger charge is -2.32. The zero-order valence-corrected chi connectivity index (χ0v) is 7.19. The third-order valence-electron chi connectivity index (χ3n) is 2.41. The Morgan fingerprint density at radius 1 is 1.40 bits per heavy atom. The number of hydrogen-bond acceptors (Lipinski definition) is 0. The first-order valence-electron chi connectivity index (χ1n) is 4.45. The molecule has 59 valence electrons. The molecule has 1 fully saturated rings. The van der Waals surface area contributed by atoms with E-state index in [9.17, 15) is 0 Å². The summed E-state index contributed by atoms with van der Waals surface area (Å²) in [5, 5.41) is 4.65. The summed E-state index contributed by atoms with van der Waals surface area (Å²) in [5.41, 5.74) is 0.354. The Balaban J connectivity index is 2.32. The Kier molecular flexibility index (Phi) is 2.72. The summed E-state index contributed by atoms with van der Waals surface area (Å²) in [7, 11) is 0. The van der Waals surface area contributed by atoms with Crippen LogP contribution in [0.4, 0.5) is 0 Å². The van der Waals surface area contributed by atoms with Crippen molar-refractivity contribution in [2.24, 2.45) is 0 Å². The molecule has 0 aliphatic carbocycles. The van der Waals surface area contributed by atoms with Crippen LogP contribution in [0.25, 0.3) is 0 Å². The SMILES string of the molecule is CCCC1(C)CCCC[N]1. The van der Waals surface area contributed by atoms with Crippen LogP contribution in [0.3, 0.4) is 0 Å². The van der Waals surface area contributed by atoms with E-state index in [0.717, 1.165) is 6.54 Å². The largest absolute Gasteiger partial charge is 0.235 e. The highest BCUT2D eigenvalue weighted by molar-refractivity contribution is 4.84. The Morgan fingerprint density at radius 3 is 2.70 bits per heavy atom. The van der Waals surface area contributed by atoms with Crippen molar-refractivity contribution in [2.45, 2.75) is 51.5 Å². The van der Waals surface area contributed by atoms with E-state index in [1.165, 1.54) is 32.1 Å². The summed E-state index contributed by atoms with van der Waals surface area (Å²) in [6.07, 6.45) is 6.59. The van der Waals surface area contributed by atoms with Gasteiger partial charge in [0.1, 0.15) is 0 Å². The molecule has 1 heterocycles. The van der Waals surface area contributed by atoms with Gasteiger partial charge < -0.3 is 0 Å². The van der Waals surface area contributed by atoms with Crippen molar-refractivity contribution in [3.05, 3.63) is 0 Å². The van der Waals surface area contributed by atoms with Crippen LogP contribution in [0.1, 0.15) is 46.0 Å². The number of rotatable bonds is 2. The van der Waals surface area contributed by atoms with Crippen molar-refractivity contribution in [3.8, 4) is 0 Å². The molecule has 1 unspecified atom stereocenters. The summed E-state index contributed by atoms with van der Waals surface area (Å²) >= 11 is 0. The van der Waals surface area contributed by atoms with Crippen molar-refractivity contribution in [1.29, 1.82) is 0 Å². The lowest BCUT2D eigenvalue weighted by atomic mass is 9.87. The molecule has 1 nitrogen and oxygen atoms in total. The monoisotopic (exact) mass is 140 g/mol. The smallest absolute Gasteiger partial charge is 0.0328 e. The van der Waals surface area contributed by atoms with Crippen LogP contribution in [-0.4, -0.2) is 12.1 Å². The Bertz CT molecular complexity index is 87.4. The first-order chi connectivity index (χ1) is 4.77. The molecule has 0 aromatic rings. The van der Waals surface area contributed by atoms with Gasteiger partial charge in [-0.2, -0.15) is 0 Å². The van der Waals surface area contributed by atoms with Crippen molar-refractivity contribution in [1.82, 2.24) is 5.32 Å². The molecule has 1 atom stereocenters. The summed E-state index contributed by atoms with van der Waals surface area (Å²) < 4.78 is 0. The van der Waals surface area contributed by atoms with E-state index < -0.39 is 0 Å². The predicted molar refractivity (Wildman–Crippen MR) is 44.2 cm³/mol. The van der Waals surface area contributed by atoms with Gasteiger partial charge in [-0.3, -0.25) is 0 Å². The van der Waals surface area contributed by atoms with E-state index >= 15 is 0 Å². The number of piperidine rings is 1. The maximum Gasteiger partial charge on any atom is 0.0328 e. The molecule has 0 aromatic carbocycles. The fourth-order valence-electron chi connectivity index (χ4n) is 1.79. The van der Waals surface area contributed by atoms with Gasteiger partial charge in [-0.1, -0.05) is 19.8 Å². The molecule has 0 N–H and O–H groups in total. The molecule has 0 bridgehead atoms. The Hall–Kier alpha value is -0.0400. The van der Waals surface area contributed by atoms with Gasteiger partial charge in [0.2, 0.25) is 0 Å². The van der Waals surface area contributed by atoms with Crippen LogP contribution in [0.2, 0.25) is 0 Å². The van der Waals surface area contributed by atoms with Crippen LogP contribution in [-0.2, 0) is 0 Å². The minimum absolute atomic E-state index is 0.354. The highest BCUT2D eigenvalue weighted by Gasteiger charge is 2.25. The number of nitrogens with zero attached hydrogens (tertiary/aromatic N) is 1. The van der Waals surface area contributed by atoms with Crippen molar-refractivity contribution >= 4 is 0 Å². The van der Waals surface area contributed by atoms with Crippen LogP contribution >= 0.6 is 0 Å². The van der Waals surface area contributed by atoms with E-state index in [-0.39, 0.29) is 0 Å². The first kappa shape index (κ1) is 8.06. The fraction of sp³-hybridized carbons (Fsp3) is 1.00. The van der Waals surface area contributed by atoms with Crippen LogP contribution in [0.15, 0.2) is 0 Å². The van der Waals surface area contributed by atoms with Gasteiger partial charge >= 0.3 is 0 Å². The van der Waals surface area contributed by atoms with Crippen LogP contribution in [0, 0.1) is 0 Å². The van der Waals surface area contributed by atoms with Gasteiger partial charge in [-0.15, -0.1) is 0 Å². The quantitative estimate of drug-likeness (QED) is 0.559. The Morgan fingerprint density at radius 2 is 2.20 bits per heavy atom. The maximum atomic E-state index is 4.65. The fourth-order valence-corrected chi connectivity index (χ4v) is 1.79. The molecule has 1 saturated heterocycles. The van der Waals surface area contributed by atoms with E-state index in [1.807, 2.05) is 0 Å². The standard InChI is InChI=1S/C9H18N/c1-3-6-9(2)7-4-5-8-10-9/h3-8H2,1-2H3. The average Bonchev–Trinajstić information content (AvgIpc) is 1.89. The van der Waals surface area contributed by atoms with E-state index in [0.29, 0.717) is 5.54 Å². The maximum absolute atomic E-state index is 4.65. The second-order valence-corrected chi connectivity index (χ2v) is 3.59. The summed E-state index contributed by atoms with van der Waals surface area (Å²) in [5.74, 6) is 0. The van der Waals surface area contributed by atoms with Crippen molar-refractivity contribution in [3.63, 3.8) is 0 Å². The summed E-state index contributed by atoms with van der Waals surface area (Å²) in [6, 6.07) is 0.